The SMILES string of the molecule is CC(C)(Sc1ccc(OCCc2ccc(Cl)cc2)cc1)C(=O)O. The first-order chi connectivity index (χ1) is 10.9. The van der Waals surface area contributed by atoms with E-state index >= 15 is 0 Å². The first-order valence-corrected chi connectivity index (χ1v) is 8.46. The molecule has 0 amide bonds. The summed E-state index contributed by atoms with van der Waals surface area (Å²) in [6, 6.07) is 15.2. The fraction of sp³-hybridized carbons (Fsp3) is 0.278. The van der Waals surface area contributed by atoms with Gasteiger partial charge in [-0.05, 0) is 55.8 Å². The number of rotatable bonds is 7. The predicted octanol–water partition coefficient (Wildman–Crippen LogP) is 4.92. The van der Waals surface area contributed by atoms with Crippen molar-refractivity contribution in [2.24, 2.45) is 0 Å². The second-order valence-corrected chi connectivity index (χ2v) is 7.75. The molecule has 0 radical (unpaired) electrons. The van der Waals surface area contributed by atoms with Gasteiger partial charge in [-0.15, -0.1) is 11.8 Å². The Morgan fingerprint density at radius 2 is 1.74 bits per heavy atom. The molecule has 23 heavy (non-hydrogen) atoms. The molecule has 0 aliphatic carbocycles. The van der Waals surface area contributed by atoms with E-state index in [9.17, 15) is 4.79 Å². The third-order valence-corrected chi connectivity index (χ3v) is 4.73. The van der Waals surface area contributed by atoms with Gasteiger partial charge in [0.2, 0.25) is 0 Å². The summed E-state index contributed by atoms with van der Waals surface area (Å²) in [4.78, 5) is 12.0. The Balaban J connectivity index is 1.85. The van der Waals surface area contributed by atoms with Crippen LogP contribution in [0, 0.1) is 0 Å². The molecule has 3 nitrogen and oxygen atoms in total. The summed E-state index contributed by atoms with van der Waals surface area (Å²) < 4.78 is 4.86. The van der Waals surface area contributed by atoms with Gasteiger partial charge in [-0.2, -0.15) is 0 Å². The van der Waals surface area contributed by atoms with Crippen molar-refractivity contribution < 1.29 is 14.6 Å². The highest BCUT2D eigenvalue weighted by molar-refractivity contribution is 8.01. The molecule has 2 aromatic carbocycles. The highest BCUT2D eigenvalue weighted by Crippen LogP contribution is 2.33. The second-order valence-electron chi connectivity index (χ2n) is 5.61. The van der Waals surface area contributed by atoms with Gasteiger partial charge >= 0.3 is 5.97 Å². The van der Waals surface area contributed by atoms with Crippen LogP contribution in [0.4, 0.5) is 0 Å². The molecule has 2 rings (SSSR count). The van der Waals surface area contributed by atoms with Gasteiger partial charge in [-0.1, -0.05) is 23.7 Å². The molecular formula is C18H19ClO3S. The van der Waals surface area contributed by atoms with Crippen molar-refractivity contribution in [3.05, 3.63) is 59.1 Å². The van der Waals surface area contributed by atoms with Crippen LogP contribution in [0.15, 0.2) is 53.4 Å². The number of thioether (sulfide) groups is 1. The van der Waals surface area contributed by atoms with Crippen LogP contribution in [0.5, 0.6) is 5.75 Å². The summed E-state index contributed by atoms with van der Waals surface area (Å²) >= 11 is 7.17. The zero-order chi connectivity index (χ0) is 16.9. The zero-order valence-electron chi connectivity index (χ0n) is 13.1. The Kier molecular flexibility index (Phi) is 5.97. The average molecular weight is 351 g/mol. The van der Waals surface area contributed by atoms with E-state index in [-0.39, 0.29) is 0 Å². The molecule has 0 aliphatic rings. The maximum atomic E-state index is 11.1. The molecule has 0 aliphatic heterocycles. The smallest absolute Gasteiger partial charge is 0.319 e. The van der Waals surface area contributed by atoms with Gasteiger partial charge in [0.05, 0.1) is 6.61 Å². The second kappa shape index (κ2) is 7.75. The zero-order valence-corrected chi connectivity index (χ0v) is 14.7. The summed E-state index contributed by atoms with van der Waals surface area (Å²) in [5.74, 6) is -0.0535. The number of carboxylic acid groups (broad SMARTS) is 1. The van der Waals surface area contributed by atoms with Crippen molar-refractivity contribution in [1.29, 1.82) is 0 Å². The van der Waals surface area contributed by atoms with Crippen molar-refractivity contribution in [1.82, 2.24) is 0 Å². The van der Waals surface area contributed by atoms with Crippen LogP contribution in [-0.2, 0) is 11.2 Å². The normalized spacial score (nSPS) is 11.3. The Labute approximate surface area is 145 Å². The van der Waals surface area contributed by atoms with E-state index in [2.05, 4.69) is 0 Å². The monoisotopic (exact) mass is 350 g/mol. The Morgan fingerprint density at radius 1 is 1.13 bits per heavy atom. The molecule has 0 bridgehead atoms. The topological polar surface area (TPSA) is 46.5 Å². The Morgan fingerprint density at radius 3 is 2.30 bits per heavy atom. The molecule has 5 heteroatoms. The fourth-order valence-electron chi connectivity index (χ4n) is 1.88. The number of hydrogen-bond acceptors (Lipinski definition) is 3. The van der Waals surface area contributed by atoms with Crippen molar-refractivity contribution in [3.63, 3.8) is 0 Å². The highest BCUT2D eigenvalue weighted by Gasteiger charge is 2.28. The fourth-order valence-corrected chi connectivity index (χ4v) is 2.95. The highest BCUT2D eigenvalue weighted by atomic mass is 35.5. The van der Waals surface area contributed by atoms with E-state index in [1.807, 2.05) is 48.5 Å². The lowest BCUT2D eigenvalue weighted by atomic mass is 10.2. The lowest BCUT2D eigenvalue weighted by Gasteiger charge is -2.18. The van der Waals surface area contributed by atoms with Crippen LogP contribution in [0.25, 0.3) is 0 Å². The van der Waals surface area contributed by atoms with Crippen molar-refractivity contribution in [2.45, 2.75) is 29.9 Å². The minimum Gasteiger partial charge on any atom is -0.493 e. The molecule has 0 saturated heterocycles. The van der Waals surface area contributed by atoms with Gasteiger partial charge in [0.15, 0.2) is 0 Å². The third-order valence-electron chi connectivity index (χ3n) is 3.28. The first-order valence-electron chi connectivity index (χ1n) is 7.26. The molecule has 0 fully saturated rings. The number of benzene rings is 2. The quantitative estimate of drug-likeness (QED) is 0.720. The van der Waals surface area contributed by atoms with E-state index in [4.69, 9.17) is 21.4 Å². The van der Waals surface area contributed by atoms with Gasteiger partial charge < -0.3 is 9.84 Å². The summed E-state index contributed by atoms with van der Waals surface area (Å²) in [6.45, 7) is 3.96. The summed E-state index contributed by atoms with van der Waals surface area (Å²) in [5, 5.41) is 9.87. The van der Waals surface area contributed by atoms with E-state index in [0.717, 1.165) is 22.1 Å². The Bertz CT molecular complexity index is 651. The number of aliphatic carboxylic acids is 1. The van der Waals surface area contributed by atoms with Gasteiger partial charge in [0, 0.05) is 16.3 Å². The van der Waals surface area contributed by atoms with Crippen LogP contribution in [0.1, 0.15) is 19.4 Å². The molecule has 122 valence electrons. The van der Waals surface area contributed by atoms with E-state index < -0.39 is 10.7 Å². The van der Waals surface area contributed by atoms with Crippen LogP contribution in [-0.4, -0.2) is 22.4 Å². The molecule has 0 spiro atoms. The maximum absolute atomic E-state index is 11.1. The average Bonchev–Trinajstić information content (AvgIpc) is 2.50. The van der Waals surface area contributed by atoms with Crippen LogP contribution < -0.4 is 4.74 Å². The molecule has 0 saturated carbocycles. The van der Waals surface area contributed by atoms with Crippen LogP contribution >= 0.6 is 23.4 Å². The molecular weight excluding hydrogens is 332 g/mol. The number of ether oxygens (including phenoxy) is 1. The summed E-state index contributed by atoms with van der Waals surface area (Å²) in [7, 11) is 0. The van der Waals surface area contributed by atoms with Crippen LogP contribution in [0.2, 0.25) is 5.02 Å². The van der Waals surface area contributed by atoms with Crippen molar-refractivity contribution in [3.8, 4) is 5.75 Å². The predicted molar refractivity (Wildman–Crippen MR) is 94.7 cm³/mol. The lowest BCUT2D eigenvalue weighted by molar-refractivity contribution is -0.138. The van der Waals surface area contributed by atoms with E-state index in [1.54, 1.807) is 13.8 Å². The largest absolute Gasteiger partial charge is 0.493 e. The van der Waals surface area contributed by atoms with Gasteiger partial charge in [0.25, 0.3) is 0 Å². The van der Waals surface area contributed by atoms with Gasteiger partial charge in [0.1, 0.15) is 10.5 Å². The van der Waals surface area contributed by atoms with Crippen LogP contribution in [0.3, 0.4) is 0 Å². The summed E-state index contributed by atoms with van der Waals surface area (Å²) in [6.07, 6.45) is 0.805. The standard InChI is InChI=1S/C18H19ClO3S/c1-18(2,17(20)21)23-16-9-7-15(8-10-16)22-12-11-13-3-5-14(19)6-4-13/h3-10H,11-12H2,1-2H3,(H,20,21). The van der Waals surface area contributed by atoms with Gasteiger partial charge in [-0.3, -0.25) is 4.79 Å². The van der Waals surface area contributed by atoms with E-state index in [1.165, 1.54) is 17.3 Å². The van der Waals surface area contributed by atoms with Crippen molar-refractivity contribution >= 4 is 29.3 Å². The molecule has 0 aromatic heterocycles. The number of carboxylic acids is 1. The van der Waals surface area contributed by atoms with Gasteiger partial charge in [-0.25, -0.2) is 0 Å². The lowest BCUT2D eigenvalue weighted by Crippen LogP contribution is -2.26. The number of halogens is 1. The number of carbonyl (C=O) groups is 1. The third kappa shape index (κ3) is 5.48. The van der Waals surface area contributed by atoms with Crippen molar-refractivity contribution in [2.75, 3.05) is 6.61 Å². The molecule has 2 aromatic rings. The number of hydrogen-bond donors (Lipinski definition) is 1. The molecule has 1 N–H and O–H groups in total. The first kappa shape index (κ1) is 17.7. The minimum absolute atomic E-state index is 0.578. The maximum Gasteiger partial charge on any atom is 0.319 e. The molecule has 0 unspecified atom stereocenters. The minimum atomic E-state index is -0.850. The Hall–Kier alpha value is -1.65. The van der Waals surface area contributed by atoms with E-state index in [0.29, 0.717) is 6.61 Å². The molecule has 0 heterocycles. The molecule has 0 atom stereocenters. The summed E-state index contributed by atoms with van der Waals surface area (Å²) in [5.41, 5.74) is 1.17.